The minimum Gasteiger partial charge on any atom is -0.462 e. The molecule has 0 N–H and O–H groups in total. The number of halogens is 1. The Morgan fingerprint density at radius 3 is 2.41 bits per heavy atom. The fraction of sp³-hybridized carbons (Fsp3) is 0.600. The number of hydrogen-bond donors (Lipinski definition) is 0. The zero-order valence-electron chi connectivity index (χ0n) is 18.2. The number of hydrogen-bond acceptors (Lipinski definition) is 3. The molecule has 0 saturated heterocycles. The Labute approximate surface area is 183 Å². The smallest absolute Gasteiger partial charge is 0.338 e. The van der Waals surface area contributed by atoms with E-state index >= 15 is 0 Å². The van der Waals surface area contributed by atoms with E-state index in [1.165, 1.54) is 0 Å². The number of esters is 1. The zero-order valence-corrected chi connectivity index (χ0v) is 19.8. The van der Waals surface area contributed by atoms with Gasteiger partial charge < -0.3 is 4.74 Å². The third-order valence-electron chi connectivity index (χ3n) is 7.18. The molecule has 1 aromatic rings. The van der Waals surface area contributed by atoms with Gasteiger partial charge in [-0.25, -0.2) is 4.79 Å². The van der Waals surface area contributed by atoms with Crippen molar-refractivity contribution in [3.63, 3.8) is 0 Å². The maximum Gasteiger partial charge on any atom is 0.338 e. The van der Waals surface area contributed by atoms with Gasteiger partial charge in [-0.1, -0.05) is 67.9 Å². The first-order chi connectivity index (χ1) is 13.6. The van der Waals surface area contributed by atoms with Gasteiger partial charge in [0.05, 0.1) is 12.2 Å². The Morgan fingerprint density at radius 2 is 1.79 bits per heavy atom. The lowest BCUT2D eigenvalue weighted by Gasteiger charge is -2.55. The van der Waals surface area contributed by atoms with E-state index in [9.17, 15) is 9.59 Å². The highest BCUT2D eigenvalue weighted by Crippen LogP contribution is 2.58. The van der Waals surface area contributed by atoms with Crippen LogP contribution in [0.2, 0.25) is 0 Å². The molecule has 4 heteroatoms. The highest BCUT2D eigenvalue weighted by Gasteiger charge is 2.55. The van der Waals surface area contributed by atoms with Gasteiger partial charge in [-0.2, -0.15) is 0 Å². The molecule has 2 aliphatic rings. The van der Waals surface area contributed by atoms with Crippen LogP contribution in [0.5, 0.6) is 0 Å². The maximum absolute atomic E-state index is 12.8. The summed E-state index contributed by atoms with van der Waals surface area (Å²) in [6.45, 7) is 11.0. The Bertz CT molecular complexity index is 791. The highest BCUT2D eigenvalue weighted by molar-refractivity contribution is 9.09. The fourth-order valence-electron chi connectivity index (χ4n) is 5.21. The van der Waals surface area contributed by atoms with E-state index in [-0.39, 0.29) is 16.8 Å². The van der Waals surface area contributed by atoms with E-state index in [4.69, 9.17) is 4.74 Å². The van der Waals surface area contributed by atoms with Crippen LogP contribution in [0.3, 0.4) is 0 Å². The Hall–Kier alpha value is -1.42. The molecule has 0 aromatic heterocycles. The van der Waals surface area contributed by atoms with Crippen LogP contribution in [-0.2, 0) is 9.53 Å². The average molecular weight is 461 g/mol. The molecule has 3 rings (SSSR count). The van der Waals surface area contributed by atoms with Crippen LogP contribution in [0.25, 0.3) is 6.08 Å². The molecule has 3 nitrogen and oxygen atoms in total. The highest BCUT2D eigenvalue weighted by atomic mass is 79.9. The second-order valence-electron chi connectivity index (χ2n) is 9.88. The average Bonchev–Trinajstić information content (AvgIpc) is 2.66. The van der Waals surface area contributed by atoms with Gasteiger partial charge in [0.25, 0.3) is 0 Å². The van der Waals surface area contributed by atoms with Gasteiger partial charge in [0.15, 0.2) is 0 Å². The predicted octanol–water partition coefficient (Wildman–Crippen LogP) is 6.31. The normalized spacial score (nSPS) is 30.8. The van der Waals surface area contributed by atoms with Crippen LogP contribution in [0.4, 0.5) is 0 Å². The van der Waals surface area contributed by atoms with Crippen molar-refractivity contribution < 1.29 is 14.3 Å². The number of ether oxygens (including phenoxy) is 1. The van der Waals surface area contributed by atoms with Crippen molar-refractivity contribution in [2.24, 2.45) is 28.6 Å². The summed E-state index contributed by atoms with van der Waals surface area (Å²) in [5.74, 6) is 1.49. The number of carbonyl (C=O) groups excluding carboxylic acids is 2. The van der Waals surface area contributed by atoms with E-state index in [1.807, 2.05) is 31.2 Å². The standard InChI is InChI=1S/C25H33BrO3/c1-6-29-23(28)17-10-7-16(8-11-17)9-12-18-13-20-19(14-21(18)26)24(2,3)15-22(27)25(20,4)5/h7-12,18-21H,6,13-15H2,1-5H3/b12-9+. The van der Waals surface area contributed by atoms with Crippen LogP contribution >= 0.6 is 15.9 Å². The summed E-state index contributed by atoms with van der Waals surface area (Å²) >= 11 is 3.95. The summed E-state index contributed by atoms with van der Waals surface area (Å²) in [6, 6.07) is 7.53. The summed E-state index contributed by atoms with van der Waals surface area (Å²) in [5, 5.41) is 0. The Kier molecular flexibility index (Phi) is 6.43. The van der Waals surface area contributed by atoms with Crippen molar-refractivity contribution in [2.45, 2.75) is 58.7 Å². The first kappa shape index (κ1) is 22.3. The maximum atomic E-state index is 12.8. The summed E-state index contributed by atoms with van der Waals surface area (Å²) in [5.41, 5.74) is 1.47. The molecule has 158 valence electrons. The zero-order chi connectivity index (χ0) is 21.4. The van der Waals surface area contributed by atoms with Crippen LogP contribution in [0.1, 0.15) is 69.8 Å². The van der Waals surface area contributed by atoms with Crippen molar-refractivity contribution in [1.82, 2.24) is 0 Å². The largest absolute Gasteiger partial charge is 0.462 e. The number of alkyl halides is 1. The van der Waals surface area contributed by atoms with Crippen molar-refractivity contribution in [3.05, 3.63) is 41.5 Å². The van der Waals surface area contributed by atoms with Crippen molar-refractivity contribution in [2.75, 3.05) is 6.61 Å². The predicted molar refractivity (Wildman–Crippen MR) is 121 cm³/mol. The molecule has 0 spiro atoms. The summed E-state index contributed by atoms with van der Waals surface area (Å²) in [6.07, 6.45) is 7.23. The van der Waals surface area contributed by atoms with Crippen molar-refractivity contribution in [1.29, 1.82) is 0 Å². The molecule has 2 fully saturated rings. The van der Waals surface area contributed by atoms with Gasteiger partial charge in [-0.3, -0.25) is 4.79 Å². The van der Waals surface area contributed by atoms with E-state index in [2.05, 4.69) is 55.8 Å². The van der Waals surface area contributed by atoms with Gasteiger partial charge in [-0.15, -0.1) is 0 Å². The first-order valence-corrected chi connectivity index (χ1v) is 11.6. The van der Waals surface area contributed by atoms with Gasteiger partial charge in [0.2, 0.25) is 0 Å². The van der Waals surface area contributed by atoms with Crippen molar-refractivity contribution >= 4 is 33.8 Å². The Morgan fingerprint density at radius 1 is 1.14 bits per heavy atom. The second kappa shape index (κ2) is 8.37. The molecule has 4 unspecified atom stereocenters. The van der Waals surface area contributed by atoms with Crippen LogP contribution in [0.15, 0.2) is 30.3 Å². The third kappa shape index (κ3) is 4.52. The third-order valence-corrected chi connectivity index (χ3v) is 8.23. The minimum absolute atomic E-state index is 0.0703. The fourth-order valence-corrected chi connectivity index (χ4v) is 6.00. The number of allylic oxidation sites excluding steroid dienone is 1. The number of benzene rings is 1. The van der Waals surface area contributed by atoms with Gasteiger partial charge in [-0.05, 0) is 60.6 Å². The summed E-state index contributed by atoms with van der Waals surface area (Å²) in [7, 11) is 0. The monoisotopic (exact) mass is 460 g/mol. The van der Waals surface area contributed by atoms with Crippen LogP contribution in [0, 0.1) is 28.6 Å². The topological polar surface area (TPSA) is 43.4 Å². The number of fused-ring (bicyclic) bond motifs is 1. The molecule has 2 aliphatic carbocycles. The number of carbonyl (C=O) groups is 2. The quantitative estimate of drug-likeness (QED) is 0.390. The molecule has 0 heterocycles. The van der Waals surface area contributed by atoms with Gasteiger partial charge >= 0.3 is 5.97 Å². The molecular formula is C25H33BrO3. The molecule has 4 atom stereocenters. The molecular weight excluding hydrogens is 428 g/mol. The Balaban J connectivity index is 1.75. The second-order valence-corrected chi connectivity index (χ2v) is 11.1. The lowest BCUT2D eigenvalue weighted by atomic mass is 9.49. The van der Waals surface area contributed by atoms with E-state index in [0.717, 1.165) is 18.4 Å². The van der Waals surface area contributed by atoms with Gasteiger partial charge in [0.1, 0.15) is 5.78 Å². The van der Waals surface area contributed by atoms with Crippen LogP contribution < -0.4 is 0 Å². The summed E-state index contributed by atoms with van der Waals surface area (Å²) in [4.78, 5) is 25.0. The summed E-state index contributed by atoms with van der Waals surface area (Å²) < 4.78 is 5.04. The van der Waals surface area contributed by atoms with E-state index in [0.29, 0.717) is 47.0 Å². The number of Topliss-reactive ketones (excluding diaryl/α,β-unsaturated/α-hetero) is 1. The minimum atomic E-state index is -0.284. The van der Waals surface area contributed by atoms with E-state index < -0.39 is 0 Å². The first-order valence-electron chi connectivity index (χ1n) is 10.7. The molecule has 0 radical (unpaired) electrons. The molecule has 0 bridgehead atoms. The molecule has 0 amide bonds. The molecule has 29 heavy (non-hydrogen) atoms. The van der Waals surface area contributed by atoms with Crippen LogP contribution in [-0.4, -0.2) is 23.2 Å². The molecule has 2 saturated carbocycles. The van der Waals surface area contributed by atoms with E-state index in [1.54, 1.807) is 0 Å². The molecule has 1 aromatic carbocycles. The lowest BCUT2D eigenvalue weighted by Crippen LogP contribution is -2.53. The molecule has 0 aliphatic heterocycles. The lowest BCUT2D eigenvalue weighted by molar-refractivity contribution is -0.146. The van der Waals surface area contributed by atoms with Crippen molar-refractivity contribution in [3.8, 4) is 0 Å². The number of rotatable bonds is 4. The number of ketones is 1. The van der Waals surface area contributed by atoms with Gasteiger partial charge in [0, 0.05) is 16.7 Å². The SMILES string of the molecule is CCOC(=O)c1ccc(/C=C/C2CC3C(CC2Br)C(C)(C)CC(=O)C3(C)C)cc1.